The van der Waals surface area contributed by atoms with E-state index in [9.17, 15) is 0 Å². The van der Waals surface area contributed by atoms with Crippen LogP contribution >= 0.6 is 0 Å². The molecule has 1 aromatic carbocycles. The van der Waals surface area contributed by atoms with Crippen LogP contribution in [0.3, 0.4) is 0 Å². The molecule has 1 atom stereocenters. The van der Waals surface area contributed by atoms with Gasteiger partial charge >= 0.3 is 0 Å². The lowest BCUT2D eigenvalue weighted by atomic mass is 9.87. The molecule has 0 aliphatic carbocycles. The van der Waals surface area contributed by atoms with E-state index in [2.05, 4.69) is 51.1 Å². The second-order valence-corrected chi connectivity index (χ2v) is 4.31. The summed E-state index contributed by atoms with van der Waals surface area (Å²) in [5.41, 5.74) is 1.50. The van der Waals surface area contributed by atoms with Crippen LogP contribution in [0.2, 0.25) is 0 Å². The van der Waals surface area contributed by atoms with Crippen LogP contribution in [0.1, 0.15) is 51.5 Å². The van der Waals surface area contributed by atoms with Gasteiger partial charge in [-0.2, -0.15) is 0 Å². The SMILES string of the molecule is CCCC(C[C](C)C)c1ccccc1. The maximum atomic E-state index is 2.26. The molecule has 1 unspecified atom stereocenters. The van der Waals surface area contributed by atoms with Crippen LogP contribution < -0.4 is 0 Å². The molecule has 0 aromatic heterocycles. The predicted octanol–water partition coefficient (Wildman–Crippen LogP) is 4.57. The topological polar surface area (TPSA) is 0 Å². The Balaban J connectivity index is 2.67. The van der Waals surface area contributed by atoms with Crippen molar-refractivity contribution < 1.29 is 0 Å². The first kappa shape index (κ1) is 11.3. The van der Waals surface area contributed by atoms with Gasteiger partial charge in [-0.1, -0.05) is 57.5 Å². The van der Waals surface area contributed by atoms with Crippen LogP contribution in [0.4, 0.5) is 0 Å². The van der Waals surface area contributed by atoms with Gasteiger partial charge in [-0.3, -0.25) is 0 Å². The highest BCUT2D eigenvalue weighted by Crippen LogP contribution is 2.28. The normalized spacial score (nSPS) is 13.1. The van der Waals surface area contributed by atoms with Crippen LogP contribution in [0.25, 0.3) is 0 Å². The Morgan fingerprint density at radius 3 is 2.29 bits per heavy atom. The highest BCUT2D eigenvalue weighted by molar-refractivity contribution is 5.20. The summed E-state index contributed by atoms with van der Waals surface area (Å²) in [5.74, 6) is 2.26. The van der Waals surface area contributed by atoms with Gasteiger partial charge in [0, 0.05) is 0 Å². The van der Waals surface area contributed by atoms with Gasteiger partial charge in [0.1, 0.15) is 0 Å². The number of benzene rings is 1. The molecule has 0 N–H and O–H groups in total. The minimum Gasteiger partial charge on any atom is -0.0654 e. The van der Waals surface area contributed by atoms with E-state index < -0.39 is 0 Å². The predicted molar refractivity (Wildman–Crippen MR) is 63.3 cm³/mol. The molecule has 0 saturated heterocycles. The van der Waals surface area contributed by atoms with Gasteiger partial charge in [-0.25, -0.2) is 0 Å². The third-order valence-electron chi connectivity index (χ3n) is 2.56. The zero-order valence-corrected chi connectivity index (χ0v) is 9.59. The largest absolute Gasteiger partial charge is 0.0654 e. The van der Waals surface area contributed by atoms with Crippen LogP contribution in [0, 0.1) is 5.92 Å². The molecule has 0 aliphatic heterocycles. The summed E-state index contributed by atoms with van der Waals surface area (Å²) in [4.78, 5) is 0. The number of rotatable bonds is 5. The third-order valence-corrected chi connectivity index (χ3v) is 2.56. The Morgan fingerprint density at radius 2 is 1.79 bits per heavy atom. The fourth-order valence-electron chi connectivity index (χ4n) is 1.95. The molecule has 1 radical (unpaired) electrons. The van der Waals surface area contributed by atoms with Crippen molar-refractivity contribution in [3.63, 3.8) is 0 Å². The fourth-order valence-corrected chi connectivity index (χ4v) is 1.95. The fraction of sp³-hybridized carbons (Fsp3) is 0.500. The van der Waals surface area contributed by atoms with E-state index in [1.165, 1.54) is 30.7 Å². The average molecular weight is 189 g/mol. The average Bonchev–Trinajstić information content (AvgIpc) is 2.18. The number of hydrogen-bond donors (Lipinski definition) is 0. The van der Waals surface area contributed by atoms with E-state index in [4.69, 9.17) is 0 Å². The van der Waals surface area contributed by atoms with Gasteiger partial charge in [0.05, 0.1) is 0 Å². The zero-order valence-electron chi connectivity index (χ0n) is 9.59. The second kappa shape index (κ2) is 5.85. The first-order valence-electron chi connectivity index (χ1n) is 5.58. The lowest BCUT2D eigenvalue weighted by Crippen LogP contribution is -2.01. The first-order valence-corrected chi connectivity index (χ1v) is 5.58. The quantitative estimate of drug-likeness (QED) is 0.636. The molecule has 0 fully saturated rings. The van der Waals surface area contributed by atoms with Crippen molar-refractivity contribution in [2.45, 2.75) is 46.0 Å². The summed E-state index contributed by atoms with van der Waals surface area (Å²) in [6.07, 6.45) is 3.81. The molecule has 0 nitrogen and oxygen atoms in total. The van der Waals surface area contributed by atoms with Crippen molar-refractivity contribution in [2.75, 3.05) is 0 Å². The van der Waals surface area contributed by atoms with Crippen LogP contribution in [-0.4, -0.2) is 0 Å². The molecular weight excluding hydrogens is 168 g/mol. The van der Waals surface area contributed by atoms with E-state index >= 15 is 0 Å². The molecule has 0 heterocycles. The van der Waals surface area contributed by atoms with Gasteiger partial charge in [0.15, 0.2) is 0 Å². The minimum absolute atomic E-state index is 0.728. The first-order chi connectivity index (χ1) is 6.74. The summed E-state index contributed by atoms with van der Waals surface area (Å²) < 4.78 is 0. The molecule has 0 aliphatic rings. The van der Waals surface area contributed by atoms with Crippen molar-refractivity contribution in [3.05, 3.63) is 41.8 Å². The van der Waals surface area contributed by atoms with E-state index in [-0.39, 0.29) is 0 Å². The van der Waals surface area contributed by atoms with Crippen LogP contribution in [0.5, 0.6) is 0 Å². The standard InChI is InChI=1S/C14H21/c1-4-8-14(11-12(2)3)13-9-6-5-7-10-13/h5-7,9-10,14H,4,8,11H2,1-3H3. The Kier molecular flexibility index (Phi) is 4.72. The van der Waals surface area contributed by atoms with E-state index in [1.807, 2.05) is 0 Å². The van der Waals surface area contributed by atoms with Crippen molar-refractivity contribution in [1.82, 2.24) is 0 Å². The molecule has 0 heteroatoms. The maximum absolute atomic E-state index is 2.26. The Bertz CT molecular complexity index is 235. The lowest BCUT2D eigenvalue weighted by molar-refractivity contribution is 0.579. The third kappa shape index (κ3) is 3.53. The molecule has 0 saturated carbocycles. The smallest absolute Gasteiger partial charge is 0.0157 e. The lowest BCUT2D eigenvalue weighted by Gasteiger charge is -2.18. The maximum Gasteiger partial charge on any atom is -0.0157 e. The van der Waals surface area contributed by atoms with Gasteiger partial charge in [0.2, 0.25) is 0 Å². The highest BCUT2D eigenvalue weighted by Gasteiger charge is 2.11. The highest BCUT2D eigenvalue weighted by atomic mass is 14.2. The van der Waals surface area contributed by atoms with E-state index in [0.29, 0.717) is 0 Å². The van der Waals surface area contributed by atoms with Crippen molar-refractivity contribution >= 4 is 0 Å². The minimum atomic E-state index is 0.728. The molecule has 14 heavy (non-hydrogen) atoms. The summed E-state index contributed by atoms with van der Waals surface area (Å²) >= 11 is 0. The van der Waals surface area contributed by atoms with E-state index in [1.54, 1.807) is 0 Å². The van der Waals surface area contributed by atoms with Crippen molar-refractivity contribution in [3.8, 4) is 0 Å². The van der Waals surface area contributed by atoms with Gasteiger partial charge < -0.3 is 0 Å². The summed E-state index contributed by atoms with van der Waals surface area (Å²) in [5, 5.41) is 0. The molecule has 0 bridgehead atoms. The second-order valence-electron chi connectivity index (χ2n) is 4.31. The monoisotopic (exact) mass is 189 g/mol. The molecule has 1 rings (SSSR count). The van der Waals surface area contributed by atoms with E-state index in [0.717, 1.165) is 5.92 Å². The number of hydrogen-bond acceptors (Lipinski definition) is 0. The summed E-state index contributed by atoms with van der Waals surface area (Å²) in [6.45, 7) is 6.72. The summed E-state index contributed by atoms with van der Waals surface area (Å²) in [6, 6.07) is 10.9. The molecule has 0 spiro atoms. The van der Waals surface area contributed by atoms with Crippen molar-refractivity contribution in [2.24, 2.45) is 0 Å². The van der Waals surface area contributed by atoms with Crippen molar-refractivity contribution in [1.29, 1.82) is 0 Å². The van der Waals surface area contributed by atoms with Gasteiger partial charge in [0.25, 0.3) is 0 Å². The van der Waals surface area contributed by atoms with Gasteiger partial charge in [-0.15, -0.1) is 0 Å². The Hall–Kier alpha value is -0.780. The zero-order chi connectivity index (χ0) is 10.4. The molecule has 1 aromatic rings. The van der Waals surface area contributed by atoms with Crippen LogP contribution in [0.15, 0.2) is 30.3 Å². The Labute approximate surface area is 88.4 Å². The summed E-state index contributed by atoms with van der Waals surface area (Å²) in [7, 11) is 0. The van der Waals surface area contributed by atoms with Gasteiger partial charge in [-0.05, 0) is 30.2 Å². The molecule has 77 valence electrons. The molecule has 0 amide bonds. The molecular formula is C14H21. The van der Waals surface area contributed by atoms with Crippen LogP contribution in [-0.2, 0) is 0 Å². The Morgan fingerprint density at radius 1 is 1.14 bits per heavy atom.